The van der Waals surface area contributed by atoms with Gasteiger partial charge in [-0.15, -0.1) is 0 Å². The lowest BCUT2D eigenvalue weighted by Crippen LogP contribution is -2.38. The van der Waals surface area contributed by atoms with Crippen molar-refractivity contribution in [3.63, 3.8) is 0 Å². The van der Waals surface area contributed by atoms with E-state index in [1.165, 1.54) is 6.07 Å². The highest BCUT2D eigenvalue weighted by Crippen LogP contribution is 2.21. The summed E-state index contributed by atoms with van der Waals surface area (Å²) in [5.74, 6) is -1.09. The standard InChI is InChI=1S/C20H21N3O2/c1-14(2)11-18(16-8-4-3-5-9-16)23-20(25)19(24)22-17-10-6-7-15(12-17)13-21/h3-10,12,14,18H,11H2,1-2H3,(H,22,24)(H,23,25). The van der Waals surface area contributed by atoms with Gasteiger partial charge in [0.1, 0.15) is 0 Å². The SMILES string of the molecule is CC(C)CC(NC(=O)C(=O)Nc1cccc(C#N)c1)c1ccccc1. The van der Waals surface area contributed by atoms with Crippen molar-refractivity contribution in [2.75, 3.05) is 5.32 Å². The molecular formula is C20H21N3O2. The lowest BCUT2D eigenvalue weighted by Gasteiger charge is -2.21. The fraction of sp³-hybridized carbons (Fsp3) is 0.250. The number of nitrogens with one attached hydrogen (secondary N) is 2. The minimum absolute atomic E-state index is 0.232. The van der Waals surface area contributed by atoms with Crippen LogP contribution in [0.1, 0.15) is 37.4 Å². The predicted octanol–water partition coefficient (Wildman–Crippen LogP) is 3.40. The Bertz CT molecular complexity index is 779. The molecule has 0 saturated carbocycles. The van der Waals surface area contributed by atoms with Crippen molar-refractivity contribution in [1.82, 2.24) is 5.32 Å². The lowest BCUT2D eigenvalue weighted by atomic mass is 9.97. The van der Waals surface area contributed by atoms with Crippen molar-refractivity contribution >= 4 is 17.5 Å². The average Bonchev–Trinajstić information content (AvgIpc) is 2.61. The minimum Gasteiger partial charge on any atom is -0.341 e. The van der Waals surface area contributed by atoms with Crippen LogP contribution in [-0.2, 0) is 9.59 Å². The van der Waals surface area contributed by atoms with E-state index in [9.17, 15) is 9.59 Å². The first kappa shape index (κ1) is 18.2. The van der Waals surface area contributed by atoms with Gasteiger partial charge in [-0.05, 0) is 36.1 Å². The molecule has 0 aromatic heterocycles. The van der Waals surface area contributed by atoms with E-state index in [0.29, 0.717) is 17.2 Å². The van der Waals surface area contributed by atoms with Crippen molar-refractivity contribution in [2.24, 2.45) is 5.92 Å². The van der Waals surface area contributed by atoms with Crippen LogP contribution in [0.4, 0.5) is 5.69 Å². The maximum atomic E-state index is 12.3. The van der Waals surface area contributed by atoms with Crippen LogP contribution in [0.5, 0.6) is 0 Å². The van der Waals surface area contributed by atoms with Crippen LogP contribution >= 0.6 is 0 Å². The van der Waals surface area contributed by atoms with Gasteiger partial charge < -0.3 is 10.6 Å². The monoisotopic (exact) mass is 335 g/mol. The zero-order chi connectivity index (χ0) is 18.2. The summed E-state index contributed by atoms with van der Waals surface area (Å²) in [6.07, 6.45) is 0.729. The molecule has 0 spiro atoms. The van der Waals surface area contributed by atoms with Gasteiger partial charge in [-0.2, -0.15) is 5.26 Å². The molecule has 0 fully saturated rings. The Morgan fingerprint density at radius 2 is 1.76 bits per heavy atom. The number of hydrogen-bond donors (Lipinski definition) is 2. The Kier molecular flexibility index (Phi) is 6.30. The van der Waals surface area contributed by atoms with E-state index in [2.05, 4.69) is 24.5 Å². The number of nitriles is 1. The van der Waals surface area contributed by atoms with E-state index in [4.69, 9.17) is 5.26 Å². The smallest absolute Gasteiger partial charge is 0.313 e. The lowest BCUT2D eigenvalue weighted by molar-refractivity contribution is -0.136. The van der Waals surface area contributed by atoms with Gasteiger partial charge in [-0.25, -0.2) is 0 Å². The summed E-state index contributed by atoms with van der Waals surface area (Å²) >= 11 is 0. The number of carbonyl (C=O) groups excluding carboxylic acids is 2. The molecule has 2 N–H and O–H groups in total. The van der Waals surface area contributed by atoms with Crippen LogP contribution in [-0.4, -0.2) is 11.8 Å². The number of benzene rings is 2. The number of anilines is 1. The number of carbonyl (C=O) groups is 2. The van der Waals surface area contributed by atoms with E-state index in [0.717, 1.165) is 12.0 Å². The molecule has 0 aliphatic carbocycles. The van der Waals surface area contributed by atoms with Crippen molar-refractivity contribution < 1.29 is 9.59 Å². The number of amides is 2. The minimum atomic E-state index is -0.750. The van der Waals surface area contributed by atoms with Crippen molar-refractivity contribution in [3.05, 3.63) is 65.7 Å². The molecule has 5 heteroatoms. The van der Waals surface area contributed by atoms with Crippen LogP contribution in [0.2, 0.25) is 0 Å². The van der Waals surface area contributed by atoms with Crippen molar-refractivity contribution in [2.45, 2.75) is 26.3 Å². The molecule has 2 aromatic carbocycles. The summed E-state index contributed by atoms with van der Waals surface area (Å²) in [7, 11) is 0. The summed E-state index contributed by atoms with van der Waals surface area (Å²) in [4.78, 5) is 24.4. The van der Waals surface area contributed by atoms with Gasteiger partial charge >= 0.3 is 11.8 Å². The highest BCUT2D eigenvalue weighted by Gasteiger charge is 2.21. The molecule has 2 amide bonds. The summed E-state index contributed by atoms with van der Waals surface area (Å²) in [5.41, 5.74) is 1.79. The normalized spacial score (nSPS) is 11.4. The zero-order valence-corrected chi connectivity index (χ0v) is 14.3. The largest absolute Gasteiger partial charge is 0.341 e. The first-order chi connectivity index (χ1) is 12.0. The molecule has 1 unspecified atom stereocenters. The van der Waals surface area contributed by atoms with Gasteiger partial charge in [0.15, 0.2) is 0 Å². The second-order valence-electron chi connectivity index (χ2n) is 6.21. The molecule has 2 rings (SSSR count). The second-order valence-corrected chi connectivity index (χ2v) is 6.21. The molecule has 0 aliphatic rings. The molecule has 0 saturated heterocycles. The fourth-order valence-corrected chi connectivity index (χ4v) is 2.51. The maximum Gasteiger partial charge on any atom is 0.313 e. The van der Waals surface area contributed by atoms with E-state index in [1.54, 1.807) is 18.2 Å². The van der Waals surface area contributed by atoms with Crippen LogP contribution in [0, 0.1) is 17.2 Å². The Morgan fingerprint density at radius 1 is 1.04 bits per heavy atom. The van der Waals surface area contributed by atoms with Gasteiger partial charge in [0.25, 0.3) is 0 Å². The Balaban J connectivity index is 2.06. The average molecular weight is 335 g/mol. The van der Waals surface area contributed by atoms with Gasteiger partial charge in [0, 0.05) is 5.69 Å². The quantitative estimate of drug-likeness (QED) is 0.822. The highest BCUT2D eigenvalue weighted by atomic mass is 16.2. The van der Waals surface area contributed by atoms with Crippen LogP contribution in [0.15, 0.2) is 54.6 Å². The maximum absolute atomic E-state index is 12.3. The number of nitrogens with zero attached hydrogens (tertiary/aromatic N) is 1. The third-order valence-corrected chi connectivity index (χ3v) is 3.67. The molecule has 2 aromatic rings. The molecule has 128 valence electrons. The first-order valence-electron chi connectivity index (χ1n) is 8.16. The van der Waals surface area contributed by atoms with Gasteiger partial charge in [-0.1, -0.05) is 50.2 Å². The molecular weight excluding hydrogens is 314 g/mol. The zero-order valence-electron chi connectivity index (χ0n) is 14.3. The van der Waals surface area contributed by atoms with Crippen molar-refractivity contribution in [3.8, 4) is 6.07 Å². The van der Waals surface area contributed by atoms with E-state index < -0.39 is 11.8 Å². The molecule has 0 heterocycles. The van der Waals surface area contributed by atoms with Crippen LogP contribution in [0.25, 0.3) is 0 Å². The summed E-state index contributed by atoms with van der Waals surface area (Å²) < 4.78 is 0. The summed E-state index contributed by atoms with van der Waals surface area (Å²) in [6.45, 7) is 4.13. The molecule has 1 atom stereocenters. The third-order valence-electron chi connectivity index (χ3n) is 3.67. The molecule has 25 heavy (non-hydrogen) atoms. The summed E-state index contributed by atoms with van der Waals surface area (Å²) in [5, 5.41) is 14.2. The van der Waals surface area contributed by atoms with Gasteiger partial charge in [0.2, 0.25) is 0 Å². The fourth-order valence-electron chi connectivity index (χ4n) is 2.51. The van der Waals surface area contributed by atoms with E-state index >= 15 is 0 Å². The van der Waals surface area contributed by atoms with Gasteiger partial charge in [-0.3, -0.25) is 9.59 Å². The Morgan fingerprint density at radius 3 is 2.40 bits per heavy atom. The van der Waals surface area contributed by atoms with E-state index in [-0.39, 0.29) is 6.04 Å². The molecule has 0 radical (unpaired) electrons. The van der Waals surface area contributed by atoms with Crippen molar-refractivity contribution in [1.29, 1.82) is 5.26 Å². The predicted molar refractivity (Wildman–Crippen MR) is 96.6 cm³/mol. The highest BCUT2D eigenvalue weighted by molar-refractivity contribution is 6.39. The van der Waals surface area contributed by atoms with Crippen LogP contribution in [0.3, 0.4) is 0 Å². The number of hydrogen-bond acceptors (Lipinski definition) is 3. The molecule has 0 bridgehead atoms. The summed E-state index contributed by atoms with van der Waals surface area (Å²) in [6, 6.07) is 17.8. The number of rotatable bonds is 5. The Hall–Kier alpha value is -3.13. The Labute approximate surface area is 147 Å². The molecule has 0 aliphatic heterocycles. The topological polar surface area (TPSA) is 82.0 Å². The van der Waals surface area contributed by atoms with Crippen LogP contribution < -0.4 is 10.6 Å². The third kappa shape index (κ3) is 5.47. The van der Waals surface area contributed by atoms with Gasteiger partial charge in [0.05, 0.1) is 17.7 Å². The van der Waals surface area contributed by atoms with E-state index in [1.807, 2.05) is 36.4 Å². The first-order valence-corrected chi connectivity index (χ1v) is 8.16. The molecule has 5 nitrogen and oxygen atoms in total. The second kappa shape index (κ2) is 8.65.